The van der Waals surface area contributed by atoms with E-state index in [9.17, 15) is 4.79 Å². The van der Waals surface area contributed by atoms with Crippen molar-refractivity contribution >= 4 is 5.97 Å². The summed E-state index contributed by atoms with van der Waals surface area (Å²) in [5, 5.41) is 9.54. The molecule has 0 saturated carbocycles. The maximum atomic E-state index is 11.6. The zero-order valence-electron chi connectivity index (χ0n) is 9.06. The van der Waals surface area contributed by atoms with E-state index in [-0.39, 0.29) is 11.7 Å². The number of aromatic amines is 2. The van der Waals surface area contributed by atoms with E-state index in [0.29, 0.717) is 0 Å². The van der Waals surface area contributed by atoms with Crippen molar-refractivity contribution < 1.29 is 9.53 Å². The number of carbonyl (C=O) groups is 1. The number of H-pyrrole nitrogens is 2. The van der Waals surface area contributed by atoms with E-state index in [1.54, 1.807) is 0 Å². The van der Waals surface area contributed by atoms with E-state index in [1.165, 1.54) is 6.20 Å². The van der Waals surface area contributed by atoms with Crippen LogP contribution in [0.3, 0.4) is 0 Å². The van der Waals surface area contributed by atoms with E-state index >= 15 is 0 Å². The van der Waals surface area contributed by atoms with Crippen molar-refractivity contribution in [3.05, 3.63) is 23.3 Å². The minimum atomic E-state index is -0.565. The first kappa shape index (κ1) is 10.0. The average molecular weight is 233 g/mol. The third-order valence-electron chi connectivity index (χ3n) is 2.75. The highest BCUT2D eigenvalue weighted by Gasteiger charge is 2.18. The number of rotatable bonds is 2. The fourth-order valence-corrected chi connectivity index (χ4v) is 1.92. The number of nitrogens with one attached hydrogen (secondary N) is 2. The molecule has 0 saturated heterocycles. The van der Waals surface area contributed by atoms with E-state index in [4.69, 9.17) is 4.74 Å². The van der Waals surface area contributed by atoms with Crippen LogP contribution in [0.1, 0.15) is 34.7 Å². The Hall–Kier alpha value is -2.18. The monoisotopic (exact) mass is 233 g/mol. The standard InChI is InChI=1S/C10H11N5O2/c16-9(8-5-11-15-14-8)17-10-12-6-3-1-2-4-7(6)13-10/h5H,1-4H2,(H,12,13)(H,11,14,15). The van der Waals surface area contributed by atoms with Gasteiger partial charge in [-0.05, 0) is 25.7 Å². The maximum absolute atomic E-state index is 11.6. The Morgan fingerprint density at radius 1 is 1.35 bits per heavy atom. The Balaban J connectivity index is 1.77. The molecule has 2 heterocycles. The largest absolute Gasteiger partial charge is 0.387 e. The van der Waals surface area contributed by atoms with Crippen LogP contribution in [0.25, 0.3) is 0 Å². The fraction of sp³-hybridized carbons (Fsp3) is 0.400. The minimum absolute atomic E-state index is 0.138. The first-order valence-corrected chi connectivity index (χ1v) is 5.48. The van der Waals surface area contributed by atoms with Crippen molar-refractivity contribution in [1.29, 1.82) is 0 Å². The van der Waals surface area contributed by atoms with Gasteiger partial charge < -0.3 is 9.72 Å². The minimum Gasteiger partial charge on any atom is -0.387 e. The van der Waals surface area contributed by atoms with Gasteiger partial charge in [0.25, 0.3) is 0 Å². The highest BCUT2D eigenvalue weighted by atomic mass is 16.5. The van der Waals surface area contributed by atoms with Gasteiger partial charge in [-0.25, -0.2) is 4.79 Å². The van der Waals surface area contributed by atoms with Crippen LogP contribution >= 0.6 is 0 Å². The topological polar surface area (TPSA) is 96.5 Å². The van der Waals surface area contributed by atoms with Gasteiger partial charge in [0.15, 0.2) is 5.69 Å². The van der Waals surface area contributed by atoms with E-state index in [2.05, 4.69) is 25.4 Å². The van der Waals surface area contributed by atoms with Crippen molar-refractivity contribution in [2.45, 2.75) is 25.7 Å². The highest BCUT2D eigenvalue weighted by Crippen LogP contribution is 2.21. The van der Waals surface area contributed by atoms with Crippen LogP contribution < -0.4 is 4.74 Å². The molecule has 7 nitrogen and oxygen atoms in total. The molecule has 2 aromatic rings. The van der Waals surface area contributed by atoms with Crippen LogP contribution in [-0.4, -0.2) is 31.3 Å². The summed E-state index contributed by atoms with van der Waals surface area (Å²) in [5.41, 5.74) is 2.21. The number of carbonyl (C=O) groups excluding carboxylic acids is 1. The molecular weight excluding hydrogens is 222 g/mol. The SMILES string of the molecule is O=C(Oc1nc2c([nH]1)CCCC2)c1cn[nH]n1. The fourth-order valence-electron chi connectivity index (χ4n) is 1.92. The molecule has 2 N–H and O–H groups in total. The Morgan fingerprint density at radius 3 is 3.00 bits per heavy atom. The third-order valence-corrected chi connectivity index (χ3v) is 2.75. The maximum Gasteiger partial charge on any atom is 0.368 e. The molecule has 0 bridgehead atoms. The summed E-state index contributed by atoms with van der Waals surface area (Å²) in [4.78, 5) is 18.8. The Labute approximate surface area is 96.6 Å². The van der Waals surface area contributed by atoms with Crippen molar-refractivity contribution in [2.24, 2.45) is 0 Å². The Morgan fingerprint density at radius 2 is 2.24 bits per heavy atom. The Bertz CT molecular complexity index is 507. The molecule has 88 valence electrons. The molecule has 0 spiro atoms. The van der Waals surface area contributed by atoms with Crippen LogP contribution in [0, 0.1) is 0 Å². The summed E-state index contributed by atoms with van der Waals surface area (Å²) in [5.74, 6) is -0.565. The number of ether oxygens (including phenoxy) is 1. The van der Waals surface area contributed by atoms with Gasteiger partial charge in [-0.2, -0.15) is 15.3 Å². The molecule has 0 fully saturated rings. The lowest BCUT2D eigenvalue weighted by Crippen LogP contribution is -2.10. The van der Waals surface area contributed by atoms with E-state index in [0.717, 1.165) is 37.1 Å². The average Bonchev–Trinajstić information content (AvgIpc) is 2.97. The predicted octanol–water partition coefficient (Wildman–Crippen LogP) is 0.626. The molecule has 0 amide bonds. The Kier molecular flexibility index (Phi) is 2.36. The highest BCUT2D eigenvalue weighted by molar-refractivity contribution is 5.88. The van der Waals surface area contributed by atoms with Gasteiger partial charge in [-0.15, -0.1) is 5.10 Å². The number of nitrogens with zero attached hydrogens (tertiary/aromatic N) is 3. The number of hydrogen-bond acceptors (Lipinski definition) is 5. The molecular formula is C10H11N5O2. The van der Waals surface area contributed by atoms with Crippen molar-refractivity contribution in [3.8, 4) is 6.01 Å². The summed E-state index contributed by atoms with van der Waals surface area (Å²) in [6, 6.07) is 0.241. The quantitative estimate of drug-likeness (QED) is 0.741. The molecule has 0 atom stereocenters. The summed E-state index contributed by atoms with van der Waals surface area (Å²) >= 11 is 0. The number of hydrogen-bond donors (Lipinski definition) is 2. The van der Waals surface area contributed by atoms with Gasteiger partial charge in [0.1, 0.15) is 0 Å². The molecule has 3 rings (SSSR count). The van der Waals surface area contributed by atoms with Gasteiger partial charge in [0.2, 0.25) is 0 Å². The summed E-state index contributed by atoms with van der Waals surface area (Å²) in [7, 11) is 0. The summed E-state index contributed by atoms with van der Waals surface area (Å²) in [6.45, 7) is 0. The predicted molar refractivity (Wildman–Crippen MR) is 56.6 cm³/mol. The van der Waals surface area contributed by atoms with E-state index in [1.807, 2.05) is 0 Å². The second-order valence-corrected chi connectivity index (χ2v) is 3.92. The lowest BCUT2D eigenvalue weighted by Gasteiger charge is -2.06. The molecule has 17 heavy (non-hydrogen) atoms. The van der Waals surface area contributed by atoms with Crippen molar-refractivity contribution in [1.82, 2.24) is 25.4 Å². The third kappa shape index (κ3) is 1.91. The lowest BCUT2D eigenvalue weighted by molar-refractivity contribution is 0.0714. The van der Waals surface area contributed by atoms with Crippen LogP contribution in [0.4, 0.5) is 0 Å². The van der Waals surface area contributed by atoms with E-state index < -0.39 is 5.97 Å². The summed E-state index contributed by atoms with van der Waals surface area (Å²) in [6.07, 6.45) is 5.49. The number of esters is 1. The van der Waals surface area contributed by atoms with Gasteiger partial charge in [-0.1, -0.05) is 0 Å². The molecule has 7 heteroatoms. The van der Waals surface area contributed by atoms with Gasteiger partial charge >= 0.3 is 12.0 Å². The lowest BCUT2D eigenvalue weighted by atomic mass is 10.0. The number of imidazole rings is 1. The molecule has 0 radical (unpaired) electrons. The summed E-state index contributed by atoms with van der Waals surface area (Å²) < 4.78 is 5.08. The van der Waals surface area contributed by atoms with Crippen LogP contribution in [0.2, 0.25) is 0 Å². The number of aromatic nitrogens is 5. The smallest absolute Gasteiger partial charge is 0.368 e. The molecule has 1 aliphatic rings. The first-order valence-electron chi connectivity index (χ1n) is 5.48. The molecule has 1 aliphatic carbocycles. The second kappa shape index (κ2) is 4.00. The van der Waals surface area contributed by atoms with Crippen LogP contribution in [0.15, 0.2) is 6.20 Å². The second-order valence-electron chi connectivity index (χ2n) is 3.92. The molecule has 0 aromatic carbocycles. The molecule has 0 unspecified atom stereocenters. The van der Waals surface area contributed by atoms with Crippen molar-refractivity contribution in [2.75, 3.05) is 0 Å². The molecule has 0 aliphatic heterocycles. The number of aryl methyl sites for hydroxylation is 2. The van der Waals surface area contributed by atoms with Gasteiger partial charge in [0.05, 0.1) is 11.9 Å². The van der Waals surface area contributed by atoms with Crippen molar-refractivity contribution in [3.63, 3.8) is 0 Å². The number of fused-ring (bicyclic) bond motifs is 1. The van der Waals surface area contributed by atoms with Crippen LogP contribution in [0.5, 0.6) is 6.01 Å². The normalized spacial score (nSPS) is 14.4. The first-order chi connectivity index (χ1) is 8.33. The van der Waals surface area contributed by atoms with Crippen LogP contribution in [-0.2, 0) is 12.8 Å². The zero-order chi connectivity index (χ0) is 11.7. The van der Waals surface area contributed by atoms with Gasteiger partial charge in [-0.3, -0.25) is 0 Å². The zero-order valence-corrected chi connectivity index (χ0v) is 9.06. The van der Waals surface area contributed by atoms with Gasteiger partial charge in [0, 0.05) is 5.69 Å². The molecule has 2 aromatic heterocycles.